The molecule has 1 aromatic rings. The molecule has 5 heteroatoms. The number of nitrogen functional groups attached to an aromatic ring is 1. The Bertz CT molecular complexity index is 433. The second-order valence-electron chi connectivity index (χ2n) is 4.66. The first-order valence-electron chi connectivity index (χ1n) is 6.32. The van der Waals surface area contributed by atoms with Crippen molar-refractivity contribution in [2.45, 2.75) is 13.5 Å². The number of anilines is 1. The molecule has 0 unspecified atom stereocenters. The van der Waals surface area contributed by atoms with Crippen molar-refractivity contribution in [2.75, 3.05) is 40.0 Å². The minimum atomic E-state index is 0.0938. The van der Waals surface area contributed by atoms with Crippen LogP contribution >= 0.6 is 0 Å². The Balaban J connectivity index is 2.78. The molecule has 0 aromatic heterocycles. The van der Waals surface area contributed by atoms with Crippen molar-refractivity contribution in [1.29, 1.82) is 0 Å². The van der Waals surface area contributed by atoms with Gasteiger partial charge in [0.05, 0.1) is 13.7 Å². The van der Waals surface area contributed by atoms with Gasteiger partial charge in [-0.15, -0.1) is 0 Å². The summed E-state index contributed by atoms with van der Waals surface area (Å²) in [6, 6.07) is 5.59. The molecule has 106 valence electrons. The minimum absolute atomic E-state index is 0.0938. The third-order valence-corrected chi connectivity index (χ3v) is 3.01. The van der Waals surface area contributed by atoms with Crippen LogP contribution < -0.4 is 10.5 Å². The Kier molecular flexibility index (Phi) is 5.63. The quantitative estimate of drug-likeness (QED) is 0.785. The minimum Gasteiger partial charge on any atom is -0.496 e. The van der Waals surface area contributed by atoms with Crippen molar-refractivity contribution in [3.63, 3.8) is 0 Å². The van der Waals surface area contributed by atoms with Gasteiger partial charge in [-0.3, -0.25) is 9.69 Å². The van der Waals surface area contributed by atoms with E-state index in [-0.39, 0.29) is 5.91 Å². The van der Waals surface area contributed by atoms with Crippen LogP contribution in [0.2, 0.25) is 0 Å². The molecule has 0 bridgehead atoms. The highest BCUT2D eigenvalue weighted by Gasteiger charge is 2.13. The van der Waals surface area contributed by atoms with Crippen LogP contribution in [-0.2, 0) is 11.3 Å². The van der Waals surface area contributed by atoms with Crippen molar-refractivity contribution < 1.29 is 9.53 Å². The SMILES string of the molecule is CCN(CC(=O)N(C)C)Cc1ccc(N)cc1OC. The number of ether oxygens (including phenoxy) is 1. The Labute approximate surface area is 114 Å². The zero-order valence-corrected chi connectivity index (χ0v) is 12.1. The van der Waals surface area contributed by atoms with E-state index in [1.165, 1.54) is 0 Å². The van der Waals surface area contributed by atoms with Crippen molar-refractivity contribution >= 4 is 11.6 Å². The molecule has 0 atom stereocenters. The highest BCUT2D eigenvalue weighted by Crippen LogP contribution is 2.22. The topological polar surface area (TPSA) is 58.8 Å². The monoisotopic (exact) mass is 265 g/mol. The molecule has 0 saturated heterocycles. The van der Waals surface area contributed by atoms with Gasteiger partial charge in [0, 0.05) is 38.0 Å². The zero-order valence-electron chi connectivity index (χ0n) is 12.1. The van der Waals surface area contributed by atoms with Gasteiger partial charge in [-0.05, 0) is 12.6 Å². The summed E-state index contributed by atoms with van der Waals surface area (Å²) in [6.07, 6.45) is 0. The first-order valence-corrected chi connectivity index (χ1v) is 6.32. The average molecular weight is 265 g/mol. The molecule has 0 saturated carbocycles. The lowest BCUT2D eigenvalue weighted by Crippen LogP contribution is -2.36. The van der Waals surface area contributed by atoms with E-state index in [1.807, 2.05) is 19.1 Å². The van der Waals surface area contributed by atoms with E-state index in [0.717, 1.165) is 17.9 Å². The maximum Gasteiger partial charge on any atom is 0.236 e. The summed E-state index contributed by atoms with van der Waals surface area (Å²) in [5.74, 6) is 0.854. The zero-order chi connectivity index (χ0) is 14.4. The average Bonchev–Trinajstić information content (AvgIpc) is 2.39. The van der Waals surface area contributed by atoms with Gasteiger partial charge in [-0.2, -0.15) is 0 Å². The van der Waals surface area contributed by atoms with E-state index in [4.69, 9.17) is 10.5 Å². The smallest absolute Gasteiger partial charge is 0.236 e. The number of likely N-dealkylation sites (N-methyl/N-ethyl adjacent to an activating group) is 2. The number of carbonyl (C=O) groups excluding carboxylic acids is 1. The highest BCUT2D eigenvalue weighted by atomic mass is 16.5. The van der Waals surface area contributed by atoms with Crippen molar-refractivity contribution in [1.82, 2.24) is 9.80 Å². The summed E-state index contributed by atoms with van der Waals surface area (Å²) in [6.45, 7) is 3.90. The normalized spacial score (nSPS) is 10.6. The number of amides is 1. The Morgan fingerprint density at radius 1 is 1.37 bits per heavy atom. The van der Waals surface area contributed by atoms with Crippen LogP contribution in [0.3, 0.4) is 0 Å². The molecule has 0 aliphatic carbocycles. The molecule has 1 rings (SSSR count). The highest BCUT2D eigenvalue weighted by molar-refractivity contribution is 5.77. The van der Waals surface area contributed by atoms with Crippen LogP contribution in [0.15, 0.2) is 18.2 Å². The van der Waals surface area contributed by atoms with Crippen LogP contribution in [0.1, 0.15) is 12.5 Å². The number of rotatable bonds is 6. The molecule has 0 spiro atoms. The van der Waals surface area contributed by atoms with Gasteiger partial charge in [-0.1, -0.05) is 13.0 Å². The van der Waals surface area contributed by atoms with E-state index >= 15 is 0 Å². The number of nitrogens with two attached hydrogens (primary N) is 1. The van der Waals surface area contributed by atoms with Gasteiger partial charge in [0.2, 0.25) is 5.91 Å². The van der Waals surface area contributed by atoms with E-state index in [9.17, 15) is 4.79 Å². The number of nitrogens with zero attached hydrogens (tertiary/aromatic N) is 2. The van der Waals surface area contributed by atoms with Gasteiger partial charge in [0.25, 0.3) is 0 Å². The second kappa shape index (κ2) is 6.99. The molecule has 5 nitrogen and oxygen atoms in total. The third kappa shape index (κ3) is 4.44. The lowest BCUT2D eigenvalue weighted by atomic mass is 10.1. The predicted molar refractivity (Wildman–Crippen MR) is 77.1 cm³/mol. The van der Waals surface area contributed by atoms with Crippen molar-refractivity contribution in [2.24, 2.45) is 0 Å². The Morgan fingerprint density at radius 3 is 2.58 bits per heavy atom. The molecule has 0 heterocycles. The van der Waals surface area contributed by atoms with E-state index in [1.54, 1.807) is 32.2 Å². The van der Waals surface area contributed by atoms with E-state index in [0.29, 0.717) is 18.8 Å². The van der Waals surface area contributed by atoms with Crippen LogP contribution in [0.25, 0.3) is 0 Å². The second-order valence-corrected chi connectivity index (χ2v) is 4.66. The van der Waals surface area contributed by atoms with Gasteiger partial charge in [-0.25, -0.2) is 0 Å². The van der Waals surface area contributed by atoms with Crippen LogP contribution in [0.5, 0.6) is 5.75 Å². The fraction of sp³-hybridized carbons (Fsp3) is 0.500. The molecular weight excluding hydrogens is 242 g/mol. The van der Waals surface area contributed by atoms with Crippen LogP contribution in [0.4, 0.5) is 5.69 Å². The largest absolute Gasteiger partial charge is 0.496 e. The molecule has 19 heavy (non-hydrogen) atoms. The summed E-state index contributed by atoms with van der Waals surface area (Å²) in [5, 5.41) is 0. The van der Waals surface area contributed by atoms with Gasteiger partial charge < -0.3 is 15.4 Å². The lowest BCUT2D eigenvalue weighted by molar-refractivity contribution is -0.130. The van der Waals surface area contributed by atoms with Crippen molar-refractivity contribution in [3.8, 4) is 5.75 Å². The molecule has 1 amide bonds. The first-order chi connectivity index (χ1) is 8.97. The Morgan fingerprint density at radius 2 is 2.05 bits per heavy atom. The Hall–Kier alpha value is -1.75. The first kappa shape index (κ1) is 15.3. The number of hydrogen-bond acceptors (Lipinski definition) is 4. The number of benzene rings is 1. The van der Waals surface area contributed by atoms with E-state index < -0.39 is 0 Å². The summed E-state index contributed by atoms with van der Waals surface area (Å²) < 4.78 is 5.32. The third-order valence-electron chi connectivity index (χ3n) is 3.01. The summed E-state index contributed by atoms with van der Waals surface area (Å²) in [7, 11) is 5.15. The predicted octanol–water partition coefficient (Wildman–Crippen LogP) is 1.19. The molecule has 0 aliphatic rings. The van der Waals surface area contributed by atoms with E-state index in [2.05, 4.69) is 4.90 Å². The van der Waals surface area contributed by atoms with Gasteiger partial charge in [0.15, 0.2) is 0 Å². The fourth-order valence-corrected chi connectivity index (χ4v) is 1.74. The van der Waals surface area contributed by atoms with Gasteiger partial charge >= 0.3 is 0 Å². The lowest BCUT2D eigenvalue weighted by Gasteiger charge is -2.23. The van der Waals surface area contributed by atoms with Gasteiger partial charge in [0.1, 0.15) is 5.75 Å². The molecule has 2 N–H and O–H groups in total. The molecular formula is C14H23N3O2. The fourth-order valence-electron chi connectivity index (χ4n) is 1.74. The molecule has 0 fully saturated rings. The van der Waals surface area contributed by atoms with Crippen LogP contribution in [-0.4, -0.2) is 50.0 Å². The summed E-state index contributed by atoms with van der Waals surface area (Å²) in [4.78, 5) is 15.4. The number of carbonyl (C=O) groups is 1. The summed E-state index contributed by atoms with van der Waals surface area (Å²) >= 11 is 0. The maximum atomic E-state index is 11.7. The molecule has 1 aromatic carbocycles. The van der Waals surface area contributed by atoms with Crippen LogP contribution in [0, 0.1) is 0 Å². The van der Waals surface area contributed by atoms with Crippen molar-refractivity contribution in [3.05, 3.63) is 23.8 Å². The number of hydrogen-bond donors (Lipinski definition) is 1. The molecule has 0 aliphatic heterocycles. The molecule has 0 radical (unpaired) electrons. The number of methoxy groups -OCH3 is 1. The maximum absolute atomic E-state index is 11.7. The standard InChI is InChI=1S/C14H23N3O2/c1-5-17(10-14(18)16(2)3)9-11-6-7-12(15)8-13(11)19-4/h6-8H,5,9-10,15H2,1-4H3. The summed E-state index contributed by atoms with van der Waals surface area (Å²) in [5.41, 5.74) is 7.44.